The average Bonchev–Trinajstić information content (AvgIpc) is 2.84. The third kappa shape index (κ3) is 2.41. The molecule has 18 heavy (non-hydrogen) atoms. The second-order valence-electron chi connectivity index (χ2n) is 4.26. The van der Waals surface area contributed by atoms with Gasteiger partial charge in [-0.15, -0.1) is 11.3 Å². The van der Waals surface area contributed by atoms with Gasteiger partial charge in [0, 0.05) is 13.2 Å². The topological polar surface area (TPSA) is 52.0 Å². The van der Waals surface area contributed by atoms with E-state index < -0.39 is 0 Å². The quantitative estimate of drug-likeness (QED) is 0.628. The first-order valence-electron chi connectivity index (χ1n) is 5.59. The molecule has 2 heterocycles. The summed E-state index contributed by atoms with van der Waals surface area (Å²) in [6.45, 7) is 3.65. The van der Waals surface area contributed by atoms with Crippen molar-refractivity contribution in [1.82, 2.24) is 9.78 Å². The molecule has 2 aromatic heterocycles. The third-order valence-electron chi connectivity index (χ3n) is 2.75. The molecule has 2 rings (SSSR count). The number of Topliss-reactive ketones (excluding diaryl/α,β-unsaturated/α-hetero) is 2. The number of rotatable bonds is 4. The summed E-state index contributed by atoms with van der Waals surface area (Å²) in [6.07, 6.45) is 1.57. The van der Waals surface area contributed by atoms with Crippen LogP contribution in [-0.4, -0.2) is 21.3 Å². The number of hydrogen-bond acceptors (Lipinski definition) is 4. The van der Waals surface area contributed by atoms with Crippen LogP contribution < -0.4 is 0 Å². The Bertz CT molecular complexity index is 610. The number of aromatic nitrogens is 2. The van der Waals surface area contributed by atoms with Crippen LogP contribution in [0, 0.1) is 13.8 Å². The highest BCUT2D eigenvalue weighted by Crippen LogP contribution is 2.19. The van der Waals surface area contributed by atoms with Crippen molar-refractivity contribution in [2.75, 3.05) is 0 Å². The van der Waals surface area contributed by atoms with Crippen molar-refractivity contribution in [2.45, 2.75) is 20.3 Å². The van der Waals surface area contributed by atoms with Gasteiger partial charge < -0.3 is 0 Å². The van der Waals surface area contributed by atoms with Crippen molar-refractivity contribution in [3.63, 3.8) is 0 Å². The molecule has 0 aliphatic heterocycles. The minimum atomic E-state index is -0.168. The smallest absolute Gasteiger partial charge is 0.180 e. The number of ketones is 2. The third-order valence-corrected chi connectivity index (χ3v) is 3.81. The van der Waals surface area contributed by atoms with E-state index in [0.717, 1.165) is 5.56 Å². The van der Waals surface area contributed by atoms with Crippen LogP contribution in [-0.2, 0) is 7.05 Å². The fraction of sp³-hybridized carbons (Fsp3) is 0.308. The van der Waals surface area contributed by atoms with Crippen LogP contribution in [0.25, 0.3) is 0 Å². The van der Waals surface area contributed by atoms with E-state index in [2.05, 4.69) is 5.10 Å². The first kappa shape index (κ1) is 12.7. The summed E-state index contributed by atoms with van der Waals surface area (Å²) in [5.74, 6) is -0.283. The molecule has 94 valence electrons. The van der Waals surface area contributed by atoms with Gasteiger partial charge in [0.05, 0.1) is 22.6 Å². The standard InChI is InChI=1S/C13H14N2O2S/c1-8-4-5-18-13(8)12(17)6-11(16)10-7-15(3)14-9(10)2/h4-5,7H,6H2,1-3H3. The maximum atomic E-state index is 12.0. The van der Waals surface area contributed by atoms with Gasteiger partial charge >= 0.3 is 0 Å². The number of nitrogens with zero attached hydrogens (tertiary/aromatic N) is 2. The number of thiophene rings is 1. The largest absolute Gasteiger partial charge is 0.294 e. The zero-order valence-electron chi connectivity index (χ0n) is 10.6. The summed E-state index contributed by atoms with van der Waals surface area (Å²) >= 11 is 1.38. The van der Waals surface area contributed by atoms with Crippen LogP contribution in [0.5, 0.6) is 0 Å². The maximum Gasteiger partial charge on any atom is 0.180 e. The highest BCUT2D eigenvalue weighted by atomic mass is 32.1. The number of carbonyl (C=O) groups is 2. The zero-order valence-corrected chi connectivity index (χ0v) is 11.4. The molecular formula is C13H14N2O2S. The number of aryl methyl sites for hydroxylation is 3. The van der Waals surface area contributed by atoms with Gasteiger partial charge in [0.1, 0.15) is 0 Å². The summed E-state index contributed by atoms with van der Waals surface area (Å²) < 4.78 is 1.59. The molecule has 2 aromatic rings. The van der Waals surface area contributed by atoms with Gasteiger partial charge in [0.2, 0.25) is 0 Å². The van der Waals surface area contributed by atoms with E-state index in [-0.39, 0.29) is 18.0 Å². The van der Waals surface area contributed by atoms with Crippen molar-refractivity contribution in [3.05, 3.63) is 39.3 Å². The Hall–Kier alpha value is -1.75. The van der Waals surface area contributed by atoms with Crippen LogP contribution >= 0.6 is 11.3 Å². The summed E-state index contributed by atoms with van der Waals surface area (Å²) in [4.78, 5) is 24.7. The first-order valence-corrected chi connectivity index (χ1v) is 6.47. The Morgan fingerprint density at radius 2 is 2.06 bits per heavy atom. The molecule has 4 nitrogen and oxygen atoms in total. The van der Waals surface area contributed by atoms with E-state index in [9.17, 15) is 9.59 Å². The lowest BCUT2D eigenvalue weighted by molar-refractivity contribution is 0.0896. The predicted molar refractivity (Wildman–Crippen MR) is 70.3 cm³/mol. The van der Waals surface area contributed by atoms with Gasteiger partial charge in [-0.05, 0) is 30.9 Å². The minimum Gasteiger partial charge on any atom is -0.294 e. The molecular weight excluding hydrogens is 248 g/mol. The van der Waals surface area contributed by atoms with E-state index in [0.29, 0.717) is 16.1 Å². The number of carbonyl (C=O) groups excluding carboxylic acids is 2. The molecule has 0 aliphatic rings. The molecule has 0 bridgehead atoms. The first-order chi connectivity index (χ1) is 8.49. The Kier molecular flexibility index (Phi) is 3.43. The molecule has 0 spiro atoms. The van der Waals surface area contributed by atoms with Gasteiger partial charge in [-0.25, -0.2) is 0 Å². The van der Waals surface area contributed by atoms with Crippen LogP contribution in [0.4, 0.5) is 0 Å². The molecule has 0 saturated carbocycles. The minimum absolute atomic E-state index is 0.0894. The lowest BCUT2D eigenvalue weighted by atomic mass is 10.1. The highest BCUT2D eigenvalue weighted by molar-refractivity contribution is 7.12. The normalized spacial score (nSPS) is 10.6. The van der Waals surface area contributed by atoms with Crippen LogP contribution in [0.15, 0.2) is 17.6 Å². The van der Waals surface area contributed by atoms with Gasteiger partial charge in [0.25, 0.3) is 0 Å². The van der Waals surface area contributed by atoms with Gasteiger partial charge in [0.15, 0.2) is 11.6 Å². The molecule has 0 radical (unpaired) electrons. The molecule has 0 aliphatic carbocycles. The fourth-order valence-electron chi connectivity index (χ4n) is 1.85. The van der Waals surface area contributed by atoms with Crippen molar-refractivity contribution in [1.29, 1.82) is 0 Å². The molecule has 0 fully saturated rings. The maximum absolute atomic E-state index is 12.0. The predicted octanol–water partition coefficient (Wildman–Crippen LogP) is 2.55. The lowest BCUT2D eigenvalue weighted by Gasteiger charge is -1.99. The summed E-state index contributed by atoms with van der Waals surface area (Å²) in [7, 11) is 1.76. The van der Waals surface area contributed by atoms with E-state index in [1.807, 2.05) is 18.4 Å². The Morgan fingerprint density at radius 3 is 2.56 bits per heavy atom. The molecule has 0 N–H and O–H groups in total. The van der Waals surface area contributed by atoms with Crippen LogP contribution in [0.3, 0.4) is 0 Å². The zero-order chi connectivity index (χ0) is 13.3. The Labute approximate surface area is 109 Å². The molecule has 0 unspecified atom stereocenters. The van der Waals surface area contributed by atoms with E-state index in [1.54, 1.807) is 24.9 Å². The lowest BCUT2D eigenvalue weighted by Crippen LogP contribution is -2.08. The van der Waals surface area contributed by atoms with Gasteiger partial charge in [-0.2, -0.15) is 5.10 Å². The van der Waals surface area contributed by atoms with Crippen molar-refractivity contribution in [3.8, 4) is 0 Å². The highest BCUT2D eigenvalue weighted by Gasteiger charge is 2.19. The second-order valence-corrected chi connectivity index (χ2v) is 5.17. The fourth-order valence-corrected chi connectivity index (χ4v) is 2.72. The van der Waals surface area contributed by atoms with Crippen molar-refractivity contribution >= 4 is 22.9 Å². The molecule has 0 atom stereocenters. The van der Waals surface area contributed by atoms with Crippen LogP contribution in [0.2, 0.25) is 0 Å². The molecule has 5 heteroatoms. The monoisotopic (exact) mass is 262 g/mol. The summed E-state index contributed by atoms with van der Waals surface area (Å²) in [5, 5.41) is 5.97. The van der Waals surface area contributed by atoms with Crippen molar-refractivity contribution < 1.29 is 9.59 Å². The average molecular weight is 262 g/mol. The Morgan fingerprint density at radius 1 is 1.33 bits per heavy atom. The number of hydrogen-bond donors (Lipinski definition) is 0. The van der Waals surface area contributed by atoms with E-state index >= 15 is 0 Å². The van der Waals surface area contributed by atoms with Crippen LogP contribution in [0.1, 0.15) is 37.7 Å². The molecule has 0 amide bonds. The SMILES string of the molecule is Cc1ccsc1C(=O)CC(=O)c1cn(C)nc1C. The van der Waals surface area contributed by atoms with E-state index in [1.165, 1.54) is 11.3 Å². The van der Waals surface area contributed by atoms with Gasteiger partial charge in [-0.3, -0.25) is 14.3 Å². The second kappa shape index (κ2) is 4.86. The molecule has 0 aromatic carbocycles. The van der Waals surface area contributed by atoms with Crippen molar-refractivity contribution in [2.24, 2.45) is 7.05 Å². The molecule has 0 saturated heterocycles. The Balaban J connectivity index is 2.16. The van der Waals surface area contributed by atoms with E-state index in [4.69, 9.17) is 0 Å². The van der Waals surface area contributed by atoms with Gasteiger partial charge in [-0.1, -0.05) is 0 Å². The summed E-state index contributed by atoms with van der Waals surface area (Å²) in [6, 6.07) is 1.89. The summed E-state index contributed by atoms with van der Waals surface area (Å²) in [5.41, 5.74) is 2.12.